The molecule has 1 atom stereocenters. The van der Waals surface area contributed by atoms with Gasteiger partial charge < -0.3 is 11.1 Å². The van der Waals surface area contributed by atoms with Crippen molar-refractivity contribution in [3.63, 3.8) is 0 Å². The molecule has 0 radical (unpaired) electrons. The fourth-order valence-electron chi connectivity index (χ4n) is 4.41. The highest BCUT2D eigenvalue weighted by Crippen LogP contribution is 2.40. The number of hydrogen-bond donors (Lipinski definition) is 2. The van der Waals surface area contributed by atoms with Crippen molar-refractivity contribution in [1.82, 2.24) is 40.1 Å². The van der Waals surface area contributed by atoms with Gasteiger partial charge in [0.05, 0.1) is 47.1 Å². The molecule has 1 unspecified atom stereocenters. The molecule has 1 amide bonds. The predicted molar refractivity (Wildman–Crippen MR) is 131 cm³/mol. The van der Waals surface area contributed by atoms with Gasteiger partial charge in [0, 0.05) is 10.9 Å². The van der Waals surface area contributed by atoms with Gasteiger partial charge in [-0.05, 0) is 31.2 Å². The first-order valence-corrected chi connectivity index (χ1v) is 11.8. The highest BCUT2D eigenvalue weighted by atomic mass is 35.5. The second-order valence-electron chi connectivity index (χ2n) is 8.61. The zero-order chi connectivity index (χ0) is 26.6. The van der Waals surface area contributed by atoms with E-state index in [1.807, 2.05) is 6.07 Å². The molecule has 14 heteroatoms. The average Bonchev–Trinajstić information content (AvgIpc) is 3.47. The fourth-order valence-corrected chi connectivity index (χ4v) is 4.53. The lowest BCUT2D eigenvalue weighted by Crippen LogP contribution is -2.35. The Morgan fingerprint density at radius 2 is 1.89 bits per heavy atom. The number of halogens is 4. The normalized spacial score (nSPS) is 15.5. The molecule has 1 saturated heterocycles. The summed E-state index contributed by atoms with van der Waals surface area (Å²) in [5.74, 6) is -1.27. The second-order valence-corrected chi connectivity index (χ2v) is 9.00. The van der Waals surface area contributed by atoms with Crippen LogP contribution in [0.5, 0.6) is 0 Å². The van der Waals surface area contributed by atoms with Gasteiger partial charge in [-0.3, -0.25) is 14.8 Å². The number of amides is 1. The first-order valence-electron chi connectivity index (χ1n) is 11.4. The molecular weight excluding hydrogens is 523 g/mol. The number of benzene rings is 1. The molecule has 0 saturated carbocycles. The third-order valence-corrected chi connectivity index (χ3v) is 6.41. The van der Waals surface area contributed by atoms with Crippen molar-refractivity contribution in [3.05, 3.63) is 77.1 Å². The molecule has 0 spiro atoms. The van der Waals surface area contributed by atoms with Crippen LogP contribution in [-0.2, 0) is 6.18 Å². The van der Waals surface area contributed by atoms with Crippen molar-refractivity contribution in [1.29, 1.82) is 0 Å². The van der Waals surface area contributed by atoms with Crippen LogP contribution in [0, 0.1) is 0 Å². The zero-order valence-electron chi connectivity index (χ0n) is 19.3. The Bertz CT molecular complexity index is 1710. The molecule has 0 bridgehead atoms. The number of alkyl halides is 3. The number of carbonyl (C=O) groups excluding carboxylic acids is 1. The molecule has 1 aromatic carbocycles. The van der Waals surface area contributed by atoms with Crippen molar-refractivity contribution in [2.45, 2.75) is 18.6 Å². The summed E-state index contributed by atoms with van der Waals surface area (Å²) < 4.78 is 44.0. The van der Waals surface area contributed by atoms with Gasteiger partial charge in [0.25, 0.3) is 5.91 Å². The van der Waals surface area contributed by atoms with Gasteiger partial charge in [0.2, 0.25) is 0 Å². The largest absolute Gasteiger partial charge is 0.434 e. The third kappa shape index (κ3) is 4.05. The fraction of sp³-hybridized carbons (Fsp3) is 0.167. The van der Waals surface area contributed by atoms with Crippen LogP contribution in [0.15, 0.2) is 55.0 Å². The standard InChI is InChI=1S/C24H17ClF3N9O/c25-19-11-32-37(34-19)13-8-12(9-30-10-13)36-22(24(26,27)28)20(23(29)38)21(35-36)15-2-1-3-16-14(15)4-5-18(33-16)17-6-7-31-17/h1-5,8-11,17,31H,6-7H2,(H2,29,38). The van der Waals surface area contributed by atoms with Crippen molar-refractivity contribution in [3.8, 4) is 22.6 Å². The van der Waals surface area contributed by atoms with E-state index in [9.17, 15) is 18.0 Å². The number of rotatable bonds is 5. The Morgan fingerprint density at radius 1 is 1.11 bits per heavy atom. The minimum absolute atomic E-state index is 0.0876. The van der Waals surface area contributed by atoms with E-state index in [1.54, 1.807) is 24.3 Å². The minimum atomic E-state index is -4.98. The number of primary amides is 1. The van der Waals surface area contributed by atoms with Crippen LogP contribution < -0.4 is 11.1 Å². The molecule has 5 aromatic rings. The molecule has 4 aromatic heterocycles. The highest BCUT2D eigenvalue weighted by Gasteiger charge is 2.42. The van der Waals surface area contributed by atoms with E-state index in [0.717, 1.165) is 23.5 Å². The lowest BCUT2D eigenvalue weighted by Gasteiger charge is -2.27. The maximum absolute atomic E-state index is 14.5. The number of hydrogen-bond acceptors (Lipinski definition) is 7. The average molecular weight is 540 g/mol. The Balaban J connectivity index is 1.57. The summed E-state index contributed by atoms with van der Waals surface area (Å²) in [5, 5.41) is 16.0. The van der Waals surface area contributed by atoms with Crippen LogP contribution in [0.25, 0.3) is 33.5 Å². The van der Waals surface area contributed by atoms with Gasteiger partial charge in [0.1, 0.15) is 11.4 Å². The first-order chi connectivity index (χ1) is 18.2. The maximum Gasteiger partial charge on any atom is 0.434 e. The van der Waals surface area contributed by atoms with Gasteiger partial charge in [0.15, 0.2) is 10.8 Å². The Hall–Kier alpha value is -4.36. The molecule has 1 aliphatic heterocycles. The topological polar surface area (TPSA) is 129 Å². The summed E-state index contributed by atoms with van der Waals surface area (Å²) in [6.45, 7) is 0.892. The SMILES string of the molecule is NC(=O)c1c(-c2cccc3nc(C4CCN4)ccc23)nn(-c2cncc(-n3ncc(Cl)n3)c2)c1C(F)(F)F. The molecular formula is C24H17ClF3N9O. The zero-order valence-corrected chi connectivity index (χ0v) is 20.1. The number of fused-ring (bicyclic) bond motifs is 1. The summed E-state index contributed by atoms with van der Waals surface area (Å²) in [6.07, 6.45) is -0.250. The van der Waals surface area contributed by atoms with Crippen LogP contribution in [0.3, 0.4) is 0 Å². The number of nitrogens with one attached hydrogen (secondary N) is 1. The van der Waals surface area contributed by atoms with Crippen molar-refractivity contribution < 1.29 is 18.0 Å². The van der Waals surface area contributed by atoms with E-state index in [-0.39, 0.29) is 33.8 Å². The van der Waals surface area contributed by atoms with Crippen molar-refractivity contribution in [2.75, 3.05) is 6.54 Å². The van der Waals surface area contributed by atoms with Gasteiger partial charge in [-0.1, -0.05) is 29.8 Å². The molecule has 192 valence electrons. The minimum Gasteiger partial charge on any atom is -0.365 e. The van der Waals surface area contributed by atoms with Crippen molar-refractivity contribution in [2.24, 2.45) is 5.73 Å². The van der Waals surface area contributed by atoms with E-state index in [2.05, 4.69) is 30.6 Å². The van der Waals surface area contributed by atoms with Crippen LogP contribution in [0.4, 0.5) is 13.2 Å². The van der Waals surface area contributed by atoms with Crippen LogP contribution in [0.1, 0.15) is 34.2 Å². The molecule has 5 heterocycles. The summed E-state index contributed by atoms with van der Waals surface area (Å²) in [7, 11) is 0. The smallest absolute Gasteiger partial charge is 0.365 e. The maximum atomic E-state index is 14.5. The summed E-state index contributed by atoms with van der Waals surface area (Å²) in [4.78, 5) is 22.3. The lowest BCUT2D eigenvalue weighted by molar-refractivity contribution is -0.143. The Kier molecular flexibility index (Phi) is 5.61. The lowest BCUT2D eigenvalue weighted by atomic mass is 9.98. The summed E-state index contributed by atoms with van der Waals surface area (Å²) >= 11 is 5.82. The molecule has 0 aliphatic carbocycles. The monoisotopic (exact) mass is 539 g/mol. The Labute approximate surface area is 217 Å². The summed E-state index contributed by atoms with van der Waals surface area (Å²) in [5.41, 5.74) is 5.01. The van der Waals surface area contributed by atoms with Gasteiger partial charge in [-0.2, -0.15) is 23.4 Å². The van der Waals surface area contributed by atoms with Gasteiger partial charge in [-0.15, -0.1) is 9.90 Å². The number of nitrogens with two attached hydrogens (primary N) is 1. The first kappa shape index (κ1) is 24.0. The van der Waals surface area contributed by atoms with E-state index in [4.69, 9.17) is 17.3 Å². The molecule has 1 fully saturated rings. The molecule has 10 nitrogen and oxygen atoms in total. The molecule has 3 N–H and O–H groups in total. The number of carbonyl (C=O) groups is 1. The van der Waals surface area contributed by atoms with E-state index in [1.165, 1.54) is 24.7 Å². The summed E-state index contributed by atoms with van der Waals surface area (Å²) in [6, 6.07) is 10.0. The molecule has 1 aliphatic rings. The third-order valence-electron chi connectivity index (χ3n) is 6.24. The number of pyridine rings is 2. The van der Waals surface area contributed by atoms with Gasteiger partial charge in [-0.25, -0.2) is 4.68 Å². The molecule has 38 heavy (non-hydrogen) atoms. The number of nitrogens with zero attached hydrogens (tertiary/aromatic N) is 7. The van der Waals surface area contributed by atoms with E-state index >= 15 is 0 Å². The second kappa shape index (κ2) is 8.89. The number of aromatic nitrogens is 7. The van der Waals surface area contributed by atoms with E-state index < -0.39 is 23.3 Å². The van der Waals surface area contributed by atoms with Crippen LogP contribution in [-0.4, -0.2) is 47.2 Å². The van der Waals surface area contributed by atoms with E-state index in [0.29, 0.717) is 15.6 Å². The van der Waals surface area contributed by atoms with Crippen molar-refractivity contribution >= 4 is 28.4 Å². The highest BCUT2D eigenvalue weighted by molar-refractivity contribution is 6.29. The Morgan fingerprint density at radius 3 is 2.55 bits per heavy atom. The van der Waals surface area contributed by atoms with Gasteiger partial charge >= 0.3 is 6.18 Å². The van der Waals surface area contributed by atoms with Crippen LogP contribution >= 0.6 is 11.6 Å². The molecule has 6 rings (SSSR count). The quantitative estimate of drug-likeness (QED) is 0.347. The predicted octanol–water partition coefficient (Wildman–Crippen LogP) is 3.87. The van der Waals surface area contributed by atoms with Crippen LogP contribution in [0.2, 0.25) is 5.15 Å².